The largest absolute Gasteiger partial charge is 0.573 e. The number of benzene rings is 1. The molecule has 0 fully saturated rings. The van der Waals surface area contributed by atoms with E-state index in [2.05, 4.69) is 30.2 Å². The van der Waals surface area contributed by atoms with E-state index >= 15 is 0 Å². The van der Waals surface area contributed by atoms with Gasteiger partial charge in [-0.25, -0.2) is 9.67 Å². The molecule has 2 aromatic heterocycles. The first-order valence-corrected chi connectivity index (χ1v) is 6.08. The normalized spacial score (nSPS) is 11.6. The van der Waals surface area contributed by atoms with Crippen molar-refractivity contribution in [2.24, 2.45) is 0 Å². The van der Waals surface area contributed by atoms with Gasteiger partial charge in [0.25, 0.3) is 0 Å². The Labute approximate surface area is 121 Å². The minimum absolute atomic E-state index is 0.309. The van der Waals surface area contributed by atoms with Gasteiger partial charge in [-0.3, -0.25) is 0 Å². The second kappa shape index (κ2) is 5.13. The average molecular weight is 310 g/mol. The van der Waals surface area contributed by atoms with Crippen molar-refractivity contribution in [3.05, 3.63) is 36.3 Å². The summed E-state index contributed by atoms with van der Waals surface area (Å²) in [6.07, 6.45) is -3.25. The van der Waals surface area contributed by atoms with Gasteiger partial charge >= 0.3 is 6.36 Å². The molecule has 0 spiro atoms. The number of hydrogen-bond donors (Lipinski definition) is 1. The summed E-state index contributed by atoms with van der Waals surface area (Å²) in [5, 5.41) is 14.3. The molecule has 114 valence electrons. The third-order valence-corrected chi connectivity index (χ3v) is 2.67. The molecule has 1 N–H and O–H groups in total. The molecule has 10 heteroatoms. The lowest BCUT2D eigenvalue weighted by Crippen LogP contribution is -2.17. The Bertz CT molecular complexity index is 763. The van der Waals surface area contributed by atoms with Crippen LogP contribution in [0.15, 0.2) is 30.5 Å². The van der Waals surface area contributed by atoms with Gasteiger partial charge in [-0.1, -0.05) is 0 Å². The highest BCUT2D eigenvalue weighted by Crippen LogP contribution is 2.25. The molecule has 0 unspecified atom stereocenters. The molecule has 0 aliphatic rings. The van der Waals surface area contributed by atoms with Crippen LogP contribution in [-0.2, 0) is 0 Å². The molecule has 0 atom stereocenters. The minimum atomic E-state index is -4.72. The lowest BCUT2D eigenvalue weighted by atomic mass is 10.3. The van der Waals surface area contributed by atoms with Crippen LogP contribution in [0.2, 0.25) is 0 Å². The summed E-state index contributed by atoms with van der Waals surface area (Å²) < 4.78 is 41.7. The van der Waals surface area contributed by atoms with Crippen molar-refractivity contribution in [2.75, 3.05) is 0 Å². The predicted octanol–water partition coefficient (Wildman–Crippen LogP) is 2.26. The summed E-state index contributed by atoms with van der Waals surface area (Å²) in [5.41, 5.74) is 0.990. The molecule has 0 amide bonds. The van der Waals surface area contributed by atoms with E-state index < -0.39 is 6.36 Å². The number of aromatic amines is 1. The Balaban J connectivity index is 1.95. The van der Waals surface area contributed by atoms with Crippen molar-refractivity contribution in [3.63, 3.8) is 0 Å². The first-order valence-electron chi connectivity index (χ1n) is 6.08. The average Bonchev–Trinajstić information content (AvgIpc) is 3.06. The van der Waals surface area contributed by atoms with Crippen molar-refractivity contribution in [1.29, 1.82) is 0 Å². The smallest absolute Gasteiger partial charge is 0.406 e. The molecule has 3 aromatic rings. The third-order valence-electron chi connectivity index (χ3n) is 2.67. The highest BCUT2D eigenvalue weighted by Gasteiger charge is 2.31. The van der Waals surface area contributed by atoms with Crippen LogP contribution < -0.4 is 4.74 Å². The zero-order valence-electron chi connectivity index (χ0n) is 11.2. The van der Waals surface area contributed by atoms with Crippen molar-refractivity contribution >= 4 is 0 Å². The summed E-state index contributed by atoms with van der Waals surface area (Å²) in [5.74, 6) is 0.612. The number of halogens is 3. The van der Waals surface area contributed by atoms with Crippen LogP contribution in [0.3, 0.4) is 0 Å². The van der Waals surface area contributed by atoms with E-state index in [1.807, 2.05) is 0 Å². The van der Waals surface area contributed by atoms with Gasteiger partial charge in [-0.15, -0.1) is 13.2 Å². The monoisotopic (exact) mass is 310 g/mol. The van der Waals surface area contributed by atoms with Crippen LogP contribution in [-0.4, -0.2) is 36.5 Å². The van der Waals surface area contributed by atoms with E-state index in [-0.39, 0.29) is 5.75 Å². The maximum absolute atomic E-state index is 12.1. The van der Waals surface area contributed by atoms with E-state index in [0.29, 0.717) is 23.0 Å². The Hall–Kier alpha value is -2.91. The van der Waals surface area contributed by atoms with Gasteiger partial charge in [0.1, 0.15) is 17.3 Å². The van der Waals surface area contributed by atoms with Crippen LogP contribution >= 0.6 is 0 Å². The first kappa shape index (κ1) is 14.0. The highest BCUT2D eigenvalue weighted by atomic mass is 19.4. The van der Waals surface area contributed by atoms with Crippen LogP contribution in [0, 0.1) is 6.92 Å². The minimum Gasteiger partial charge on any atom is -0.406 e. The van der Waals surface area contributed by atoms with Crippen LogP contribution in [0.1, 0.15) is 5.82 Å². The van der Waals surface area contributed by atoms with E-state index in [9.17, 15) is 13.2 Å². The molecular weight excluding hydrogens is 301 g/mol. The zero-order chi connectivity index (χ0) is 15.7. The molecule has 22 heavy (non-hydrogen) atoms. The molecule has 0 aliphatic carbocycles. The van der Waals surface area contributed by atoms with Gasteiger partial charge in [0.15, 0.2) is 5.82 Å². The molecule has 7 nitrogen and oxygen atoms in total. The molecule has 0 saturated carbocycles. The van der Waals surface area contributed by atoms with E-state index in [1.165, 1.54) is 35.1 Å². The summed E-state index contributed by atoms with van der Waals surface area (Å²) in [6, 6.07) is 5.29. The maximum Gasteiger partial charge on any atom is 0.573 e. The topological polar surface area (TPSA) is 81.5 Å². The van der Waals surface area contributed by atoms with Gasteiger partial charge < -0.3 is 4.74 Å². The zero-order valence-corrected chi connectivity index (χ0v) is 11.2. The number of ether oxygens (including phenoxy) is 1. The summed E-state index contributed by atoms with van der Waals surface area (Å²) in [6.45, 7) is 1.70. The number of aromatic nitrogens is 6. The van der Waals surface area contributed by atoms with Crippen molar-refractivity contribution < 1.29 is 17.9 Å². The van der Waals surface area contributed by atoms with Crippen LogP contribution in [0.4, 0.5) is 13.2 Å². The SMILES string of the molecule is Cc1nc(-c2cn[nH]n2)n(-c2ccc(OC(F)(F)F)cc2)n1. The van der Waals surface area contributed by atoms with Gasteiger partial charge in [0, 0.05) is 0 Å². The Morgan fingerprint density at radius 1 is 1.18 bits per heavy atom. The Morgan fingerprint density at radius 3 is 2.50 bits per heavy atom. The van der Waals surface area contributed by atoms with Crippen molar-refractivity contribution in [1.82, 2.24) is 30.2 Å². The van der Waals surface area contributed by atoms with Gasteiger partial charge in [-0.05, 0) is 31.2 Å². The summed E-state index contributed by atoms with van der Waals surface area (Å²) in [7, 11) is 0. The first-order chi connectivity index (χ1) is 10.4. The molecule has 1 aromatic carbocycles. The molecule has 0 aliphatic heterocycles. The Kier molecular flexibility index (Phi) is 3.28. The molecular formula is C12H9F3N6O. The number of H-pyrrole nitrogens is 1. The second-order valence-electron chi connectivity index (χ2n) is 4.29. The molecule has 0 radical (unpaired) electrons. The quantitative estimate of drug-likeness (QED) is 0.802. The molecule has 2 heterocycles. The number of nitrogens with one attached hydrogen (secondary N) is 1. The number of aryl methyl sites for hydroxylation is 1. The molecule has 3 rings (SSSR count). The predicted molar refractivity (Wildman–Crippen MR) is 68.2 cm³/mol. The number of nitrogens with zero attached hydrogens (tertiary/aromatic N) is 5. The lowest BCUT2D eigenvalue weighted by Gasteiger charge is -2.09. The van der Waals surface area contributed by atoms with E-state index in [1.54, 1.807) is 6.92 Å². The standard InChI is InChI=1S/C12H9F3N6O/c1-7-17-11(10-6-16-20-18-10)21(19-7)8-2-4-9(5-3-8)22-12(13,14)15/h2-6H,1H3,(H,16,18,20). The third kappa shape index (κ3) is 2.90. The fraction of sp³-hybridized carbons (Fsp3) is 0.167. The van der Waals surface area contributed by atoms with Crippen molar-refractivity contribution in [2.45, 2.75) is 13.3 Å². The maximum atomic E-state index is 12.1. The van der Waals surface area contributed by atoms with Crippen LogP contribution in [0.5, 0.6) is 5.75 Å². The molecule has 0 bridgehead atoms. The van der Waals surface area contributed by atoms with E-state index in [0.717, 1.165) is 0 Å². The number of rotatable bonds is 3. The number of hydrogen-bond acceptors (Lipinski definition) is 5. The highest BCUT2D eigenvalue weighted by molar-refractivity contribution is 5.52. The van der Waals surface area contributed by atoms with Gasteiger partial charge in [0.05, 0.1) is 11.9 Å². The Morgan fingerprint density at radius 2 is 1.91 bits per heavy atom. The fourth-order valence-corrected chi connectivity index (χ4v) is 1.86. The lowest BCUT2D eigenvalue weighted by molar-refractivity contribution is -0.274. The fourth-order valence-electron chi connectivity index (χ4n) is 1.86. The van der Waals surface area contributed by atoms with Crippen molar-refractivity contribution in [3.8, 4) is 23.0 Å². The number of alkyl halides is 3. The summed E-state index contributed by atoms with van der Waals surface area (Å²) in [4.78, 5) is 4.23. The van der Waals surface area contributed by atoms with E-state index in [4.69, 9.17) is 0 Å². The second-order valence-corrected chi connectivity index (χ2v) is 4.29. The van der Waals surface area contributed by atoms with Gasteiger partial charge in [0.2, 0.25) is 0 Å². The molecule has 0 saturated heterocycles. The van der Waals surface area contributed by atoms with Gasteiger partial charge in [-0.2, -0.15) is 20.5 Å². The van der Waals surface area contributed by atoms with Crippen LogP contribution in [0.25, 0.3) is 17.2 Å². The summed E-state index contributed by atoms with van der Waals surface area (Å²) >= 11 is 0.